The number of aromatic nitrogens is 2. The fourth-order valence-electron chi connectivity index (χ4n) is 3.57. The Balaban J connectivity index is 1.51. The van der Waals surface area contributed by atoms with Crippen molar-refractivity contribution in [2.24, 2.45) is 0 Å². The molecular formula is C25H23N3O4S. The van der Waals surface area contributed by atoms with Crippen molar-refractivity contribution in [2.75, 3.05) is 18.1 Å². The van der Waals surface area contributed by atoms with E-state index in [-0.39, 0.29) is 12.0 Å². The van der Waals surface area contributed by atoms with E-state index in [1.54, 1.807) is 29.4 Å². The SMILES string of the molecule is CC(C)Oc1ccc(C(=O)N(Cc2cccnc2)c2nc3cc4c(cc3s2)OCCO4)cc1. The van der Waals surface area contributed by atoms with Crippen molar-refractivity contribution < 1.29 is 19.0 Å². The first-order valence-corrected chi connectivity index (χ1v) is 11.6. The summed E-state index contributed by atoms with van der Waals surface area (Å²) < 4.78 is 18.0. The Morgan fingerprint density at radius 1 is 1.12 bits per heavy atom. The summed E-state index contributed by atoms with van der Waals surface area (Å²) >= 11 is 1.45. The monoisotopic (exact) mass is 461 g/mol. The molecule has 3 heterocycles. The fourth-order valence-corrected chi connectivity index (χ4v) is 4.55. The largest absolute Gasteiger partial charge is 0.491 e. The zero-order valence-corrected chi connectivity index (χ0v) is 19.2. The molecule has 0 spiro atoms. The van der Waals surface area contributed by atoms with Crippen molar-refractivity contribution in [1.29, 1.82) is 0 Å². The Bertz CT molecular complexity index is 1230. The Morgan fingerprint density at radius 2 is 1.88 bits per heavy atom. The van der Waals surface area contributed by atoms with Crippen LogP contribution in [0.3, 0.4) is 0 Å². The summed E-state index contributed by atoms with van der Waals surface area (Å²) in [5.74, 6) is 1.96. The number of fused-ring (bicyclic) bond motifs is 2. The zero-order valence-electron chi connectivity index (χ0n) is 18.4. The number of thiazole rings is 1. The highest BCUT2D eigenvalue weighted by molar-refractivity contribution is 7.22. The zero-order chi connectivity index (χ0) is 22.8. The van der Waals surface area contributed by atoms with E-state index in [2.05, 4.69) is 4.98 Å². The molecule has 0 fully saturated rings. The molecule has 1 aliphatic heterocycles. The number of ether oxygens (including phenoxy) is 3. The first-order chi connectivity index (χ1) is 16.1. The summed E-state index contributed by atoms with van der Waals surface area (Å²) in [7, 11) is 0. The van der Waals surface area contributed by atoms with Gasteiger partial charge < -0.3 is 14.2 Å². The molecule has 0 saturated heterocycles. The highest BCUT2D eigenvalue weighted by atomic mass is 32.1. The smallest absolute Gasteiger partial charge is 0.260 e. The van der Waals surface area contributed by atoms with E-state index < -0.39 is 0 Å². The van der Waals surface area contributed by atoms with Crippen LogP contribution >= 0.6 is 11.3 Å². The molecule has 2 aromatic heterocycles. The van der Waals surface area contributed by atoms with Crippen molar-refractivity contribution in [2.45, 2.75) is 26.5 Å². The normalized spacial score (nSPS) is 12.7. The highest BCUT2D eigenvalue weighted by Gasteiger charge is 2.23. The second-order valence-electron chi connectivity index (χ2n) is 7.90. The van der Waals surface area contributed by atoms with Crippen LogP contribution in [0.1, 0.15) is 29.8 Å². The third kappa shape index (κ3) is 4.61. The molecule has 1 aliphatic rings. The summed E-state index contributed by atoms with van der Waals surface area (Å²) in [6.45, 7) is 5.32. The molecule has 5 rings (SSSR count). The summed E-state index contributed by atoms with van der Waals surface area (Å²) in [5.41, 5.74) is 2.24. The second kappa shape index (κ2) is 9.07. The lowest BCUT2D eigenvalue weighted by Gasteiger charge is -2.20. The third-order valence-corrected chi connectivity index (χ3v) is 6.09. The first-order valence-electron chi connectivity index (χ1n) is 10.7. The van der Waals surface area contributed by atoms with Crippen molar-refractivity contribution in [3.8, 4) is 17.2 Å². The van der Waals surface area contributed by atoms with Crippen LogP contribution in [0.25, 0.3) is 10.2 Å². The van der Waals surface area contributed by atoms with E-state index in [4.69, 9.17) is 19.2 Å². The Labute approximate surface area is 195 Å². The van der Waals surface area contributed by atoms with Gasteiger partial charge in [0.25, 0.3) is 5.91 Å². The minimum Gasteiger partial charge on any atom is -0.491 e. The molecule has 0 bridgehead atoms. The molecule has 0 N–H and O–H groups in total. The number of hydrogen-bond acceptors (Lipinski definition) is 7. The van der Waals surface area contributed by atoms with Crippen LogP contribution in [0.5, 0.6) is 17.2 Å². The first kappa shape index (κ1) is 21.2. The lowest BCUT2D eigenvalue weighted by molar-refractivity contribution is 0.0985. The van der Waals surface area contributed by atoms with Gasteiger partial charge in [-0.25, -0.2) is 4.98 Å². The maximum absolute atomic E-state index is 13.6. The lowest BCUT2D eigenvalue weighted by Crippen LogP contribution is -2.30. The summed E-state index contributed by atoms with van der Waals surface area (Å²) in [5, 5.41) is 0.601. The molecule has 7 nitrogen and oxygen atoms in total. The quantitative estimate of drug-likeness (QED) is 0.398. The summed E-state index contributed by atoms with van der Waals surface area (Å²) in [6, 6.07) is 14.8. The number of carbonyl (C=O) groups excluding carboxylic acids is 1. The number of amides is 1. The molecule has 0 saturated carbocycles. The highest BCUT2D eigenvalue weighted by Crippen LogP contribution is 2.39. The maximum Gasteiger partial charge on any atom is 0.260 e. The number of carbonyl (C=O) groups is 1. The van der Waals surface area contributed by atoms with Crippen LogP contribution in [0.4, 0.5) is 5.13 Å². The lowest BCUT2D eigenvalue weighted by atomic mass is 10.1. The molecule has 8 heteroatoms. The molecule has 1 amide bonds. The van der Waals surface area contributed by atoms with Crippen molar-refractivity contribution in [3.05, 3.63) is 72.1 Å². The van der Waals surface area contributed by atoms with Gasteiger partial charge in [0.15, 0.2) is 16.6 Å². The molecule has 0 atom stereocenters. The van der Waals surface area contributed by atoms with E-state index >= 15 is 0 Å². The minimum absolute atomic E-state index is 0.0650. The number of benzene rings is 2. The van der Waals surface area contributed by atoms with E-state index in [0.717, 1.165) is 21.5 Å². The van der Waals surface area contributed by atoms with E-state index in [0.29, 0.717) is 42.0 Å². The van der Waals surface area contributed by atoms with Crippen LogP contribution in [0.15, 0.2) is 60.9 Å². The molecule has 4 aromatic rings. The second-order valence-corrected chi connectivity index (χ2v) is 8.91. The predicted molar refractivity (Wildman–Crippen MR) is 128 cm³/mol. The number of nitrogens with zero attached hydrogens (tertiary/aromatic N) is 3. The van der Waals surface area contributed by atoms with Crippen LogP contribution < -0.4 is 19.1 Å². The predicted octanol–water partition coefficient (Wildman–Crippen LogP) is 5.10. The molecule has 33 heavy (non-hydrogen) atoms. The Kier molecular flexibility index (Phi) is 5.83. The Hall–Kier alpha value is -3.65. The number of pyridine rings is 1. The van der Waals surface area contributed by atoms with Gasteiger partial charge >= 0.3 is 0 Å². The van der Waals surface area contributed by atoms with E-state index in [1.165, 1.54) is 11.3 Å². The van der Waals surface area contributed by atoms with Gasteiger partial charge in [0.05, 0.1) is 22.9 Å². The molecular weight excluding hydrogens is 438 g/mol. The van der Waals surface area contributed by atoms with Gasteiger partial charge in [0, 0.05) is 30.1 Å². The van der Waals surface area contributed by atoms with Crippen molar-refractivity contribution in [1.82, 2.24) is 9.97 Å². The fraction of sp³-hybridized carbons (Fsp3) is 0.240. The summed E-state index contributed by atoms with van der Waals surface area (Å²) in [4.78, 5) is 24.2. The standard InChI is InChI=1S/C25H23N3O4S/c1-16(2)32-19-7-5-18(6-8-19)24(29)28(15-17-4-3-9-26-14-17)25-27-20-12-21-22(13-23(20)33-25)31-11-10-30-21/h3-9,12-14,16H,10-11,15H2,1-2H3. The number of anilines is 1. The molecule has 168 valence electrons. The topological polar surface area (TPSA) is 73.8 Å². The molecule has 0 radical (unpaired) electrons. The van der Waals surface area contributed by atoms with Gasteiger partial charge in [-0.15, -0.1) is 0 Å². The van der Waals surface area contributed by atoms with Gasteiger partial charge in [-0.2, -0.15) is 0 Å². The summed E-state index contributed by atoms with van der Waals surface area (Å²) in [6.07, 6.45) is 3.54. The van der Waals surface area contributed by atoms with Crippen LogP contribution in [0.2, 0.25) is 0 Å². The number of rotatable bonds is 6. The van der Waals surface area contributed by atoms with E-state index in [9.17, 15) is 4.79 Å². The van der Waals surface area contributed by atoms with Crippen molar-refractivity contribution in [3.63, 3.8) is 0 Å². The molecule has 0 unspecified atom stereocenters. The molecule has 2 aromatic carbocycles. The molecule has 0 aliphatic carbocycles. The van der Waals surface area contributed by atoms with Gasteiger partial charge in [-0.05, 0) is 49.7 Å². The van der Waals surface area contributed by atoms with Gasteiger partial charge in [-0.1, -0.05) is 17.4 Å². The number of hydrogen-bond donors (Lipinski definition) is 0. The minimum atomic E-state index is -0.147. The van der Waals surface area contributed by atoms with Gasteiger partial charge in [-0.3, -0.25) is 14.7 Å². The third-order valence-electron chi connectivity index (χ3n) is 5.05. The van der Waals surface area contributed by atoms with Crippen molar-refractivity contribution >= 4 is 32.6 Å². The Morgan fingerprint density at radius 3 is 2.58 bits per heavy atom. The van der Waals surface area contributed by atoms with Gasteiger partial charge in [0.2, 0.25) is 0 Å². The van der Waals surface area contributed by atoms with Crippen LogP contribution in [0, 0.1) is 0 Å². The van der Waals surface area contributed by atoms with Gasteiger partial charge in [0.1, 0.15) is 19.0 Å². The average molecular weight is 462 g/mol. The van der Waals surface area contributed by atoms with Crippen LogP contribution in [-0.4, -0.2) is 35.2 Å². The maximum atomic E-state index is 13.6. The van der Waals surface area contributed by atoms with E-state index in [1.807, 2.05) is 50.2 Å². The van der Waals surface area contributed by atoms with Crippen LogP contribution in [-0.2, 0) is 6.54 Å². The average Bonchev–Trinajstić information content (AvgIpc) is 3.24.